The van der Waals surface area contributed by atoms with Crippen LogP contribution in [0.1, 0.15) is 30.5 Å². The van der Waals surface area contributed by atoms with E-state index in [4.69, 9.17) is 11.1 Å². The molecule has 9 heteroatoms. The molecule has 0 spiro atoms. The molecule has 2 aromatic heterocycles. The van der Waals surface area contributed by atoms with Crippen LogP contribution in [0.5, 0.6) is 0 Å². The van der Waals surface area contributed by atoms with Gasteiger partial charge in [-0.3, -0.25) is 15.3 Å². The quantitative estimate of drug-likeness (QED) is 0.631. The fourth-order valence-electron chi connectivity index (χ4n) is 4.24. The number of carbonyl (C=O) groups is 1. The molecule has 9 nitrogen and oxygen atoms in total. The van der Waals surface area contributed by atoms with Crippen LogP contribution in [0, 0.1) is 5.41 Å². The second kappa shape index (κ2) is 9.30. The number of pyridine rings is 1. The van der Waals surface area contributed by atoms with Gasteiger partial charge in [-0.05, 0) is 31.5 Å². The zero-order valence-corrected chi connectivity index (χ0v) is 17.9. The van der Waals surface area contributed by atoms with Crippen molar-refractivity contribution in [2.45, 2.75) is 31.8 Å². The lowest BCUT2D eigenvalue weighted by Gasteiger charge is -2.35. The number of hydrogen-bond acceptors (Lipinski definition) is 6. The van der Waals surface area contributed by atoms with Gasteiger partial charge in [-0.2, -0.15) is 0 Å². The molecular weight excluding hydrogens is 392 g/mol. The van der Waals surface area contributed by atoms with Gasteiger partial charge in [-0.15, -0.1) is 0 Å². The van der Waals surface area contributed by atoms with E-state index in [2.05, 4.69) is 20.2 Å². The topological polar surface area (TPSA) is 116 Å². The number of piperidine rings is 1. The van der Waals surface area contributed by atoms with Crippen molar-refractivity contribution in [3.8, 4) is 0 Å². The van der Waals surface area contributed by atoms with E-state index < -0.39 is 0 Å². The summed E-state index contributed by atoms with van der Waals surface area (Å²) < 4.78 is 1.95. The number of rotatable bonds is 5. The van der Waals surface area contributed by atoms with E-state index in [-0.39, 0.29) is 12.1 Å². The Hall–Kier alpha value is -3.20. The molecule has 1 saturated heterocycles. The van der Waals surface area contributed by atoms with Crippen LogP contribution < -0.4 is 11.1 Å². The predicted octanol–water partition coefficient (Wildman–Crippen LogP) is 1.48. The molecule has 164 valence electrons. The van der Waals surface area contributed by atoms with Crippen LogP contribution in [-0.4, -0.2) is 68.3 Å². The van der Waals surface area contributed by atoms with Crippen molar-refractivity contribution in [3.05, 3.63) is 59.6 Å². The largest absolute Gasteiger partial charge is 0.402 e. The lowest BCUT2D eigenvalue weighted by Crippen LogP contribution is -2.53. The highest BCUT2D eigenvalue weighted by Crippen LogP contribution is 2.19. The third kappa shape index (κ3) is 5.11. The fraction of sp³-hybridized carbons (Fsp3) is 0.455. The number of amides is 2. The van der Waals surface area contributed by atoms with E-state index >= 15 is 0 Å². The van der Waals surface area contributed by atoms with Gasteiger partial charge in [-0.25, -0.2) is 9.78 Å². The van der Waals surface area contributed by atoms with E-state index in [1.165, 1.54) is 0 Å². The zero-order valence-electron chi connectivity index (χ0n) is 17.9. The van der Waals surface area contributed by atoms with Crippen molar-refractivity contribution >= 4 is 11.7 Å². The highest BCUT2D eigenvalue weighted by Gasteiger charge is 2.28. The number of hydrogen-bond donors (Lipinski definition) is 3. The fourth-order valence-corrected chi connectivity index (χ4v) is 4.24. The van der Waals surface area contributed by atoms with Crippen molar-refractivity contribution in [1.82, 2.24) is 29.7 Å². The molecule has 0 bridgehead atoms. The summed E-state index contributed by atoms with van der Waals surface area (Å²) in [6.45, 7) is 3.54. The zero-order chi connectivity index (χ0) is 21.8. The molecule has 2 aliphatic rings. The molecule has 1 fully saturated rings. The van der Waals surface area contributed by atoms with Gasteiger partial charge in [0.25, 0.3) is 0 Å². The van der Waals surface area contributed by atoms with E-state index in [0.29, 0.717) is 36.5 Å². The molecular formula is C22H30N8O. The lowest BCUT2D eigenvalue weighted by molar-refractivity contribution is 0.164. The van der Waals surface area contributed by atoms with Crippen LogP contribution in [-0.2, 0) is 13.6 Å². The normalized spacial score (nSPS) is 20.0. The molecule has 0 aromatic carbocycles. The van der Waals surface area contributed by atoms with Gasteiger partial charge in [0.1, 0.15) is 0 Å². The van der Waals surface area contributed by atoms with Crippen LogP contribution in [0.3, 0.4) is 0 Å². The van der Waals surface area contributed by atoms with Crippen molar-refractivity contribution in [2.24, 2.45) is 12.8 Å². The SMILES string of the molecule is Cn1cnc(CN2CCC[C@@H](NC(=O)N3CCC(N)=C(C(=N)c4ccncc4)C3)C2)c1. The highest BCUT2D eigenvalue weighted by atomic mass is 16.2. The number of carbonyl (C=O) groups excluding carboxylic acids is 1. The summed E-state index contributed by atoms with van der Waals surface area (Å²) in [4.78, 5) is 25.5. The van der Waals surface area contributed by atoms with E-state index in [0.717, 1.165) is 43.7 Å². The first-order chi connectivity index (χ1) is 15.0. The Kier molecular flexibility index (Phi) is 6.31. The Morgan fingerprint density at radius 2 is 2.13 bits per heavy atom. The summed E-state index contributed by atoms with van der Waals surface area (Å²) in [6.07, 6.45) is 9.76. The highest BCUT2D eigenvalue weighted by molar-refractivity contribution is 6.11. The van der Waals surface area contributed by atoms with Crippen molar-refractivity contribution in [1.29, 1.82) is 5.41 Å². The summed E-state index contributed by atoms with van der Waals surface area (Å²) >= 11 is 0. The Labute approximate surface area is 182 Å². The first-order valence-corrected chi connectivity index (χ1v) is 10.7. The number of aromatic nitrogens is 3. The number of nitrogens with one attached hydrogen (secondary N) is 2. The van der Waals surface area contributed by atoms with Crippen LogP contribution in [0.25, 0.3) is 0 Å². The van der Waals surface area contributed by atoms with Gasteiger partial charge in [0, 0.05) is 74.6 Å². The van der Waals surface area contributed by atoms with E-state index in [1.54, 1.807) is 29.4 Å². The monoisotopic (exact) mass is 422 g/mol. The predicted molar refractivity (Wildman–Crippen MR) is 119 cm³/mol. The Balaban J connectivity index is 1.34. The number of imidazole rings is 1. The Morgan fingerprint density at radius 3 is 2.87 bits per heavy atom. The minimum absolute atomic E-state index is 0.0859. The molecule has 0 radical (unpaired) electrons. The maximum Gasteiger partial charge on any atom is 0.317 e. The average Bonchev–Trinajstić information content (AvgIpc) is 3.19. The van der Waals surface area contributed by atoms with Gasteiger partial charge < -0.3 is 20.5 Å². The molecule has 2 aliphatic heterocycles. The number of urea groups is 1. The molecule has 0 saturated carbocycles. The molecule has 4 rings (SSSR count). The van der Waals surface area contributed by atoms with Crippen LogP contribution in [0.15, 0.2) is 48.3 Å². The minimum Gasteiger partial charge on any atom is -0.402 e. The molecule has 1 atom stereocenters. The standard InChI is InChI=1S/C22H30N8O/c1-28-11-18(26-15-28)13-29-9-2-3-17(12-29)27-22(31)30-10-6-20(23)19(14-30)21(24)16-4-7-25-8-5-16/h4-5,7-8,11,15,17,24H,2-3,6,9-10,12-14,23H2,1H3,(H,27,31)/t17-/m1/s1. The van der Waals surface area contributed by atoms with Crippen molar-refractivity contribution in [3.63, 3.8) is 0 Å². The van der Waals surface area contributed by atoms with Crippen LogP contribution in [0.2, 0.25) is 0 Å². The van der Waals surface area contributed by atoms with Crippen molar-refractivity contribution < 1.29 is 4.79 Å². The first-order valence-electron chi connectivity index (χ1n) is 10.7. The number of nitrogens with two attached hydrogens (primary N) is 1. The van der Waals surface area contributed by atoms with Gasteiger partial charge in [0.15, 0.2) is 0 Å². The summed E-state index contributed by atoms with van der Waals surface area (Å²) in [6, 6.07) is 3.60. The molecule has 0 aliphatic carbocycles. The third-order valence-corrected chi connectivity index (χ3v) is 5.92. The maximum atomic E-state index is 13.0. The number of aryl methyl sites for hydroxylation is 1. The molecule has 4 heterocycles. The van der Waals surface area contributed by atoms with E-state index in [9.17, 15) is 4.79 Å². The van der Waals surface area contributed by atoms with Gasteiger partial charge in [0.05, 0.1) is 24.3 Å². The molecule has 0 unspecified atom stereocenters. The third-order valence-electron chi connectivity index (χ3n) is 5.92. The average molecular weight is 423 g/mol. The summed E-state index contributed by atoms with van der Waals surface area (Å²) in [7, 11) is 1.97. The summed E-state index contributed by atoms with van der Waals surface area (Å²) in [5.74, 6) is 0. The lowest BCUT2D eigenvalue weighted by atomic mass is 9.97. The minimum atomic E-state index is -0.0859. The van der Waals surface area contributed by atoms with E-state index in [1.807, 2.05) is 24.1 Å². The van der Waals surface area contributed by atoms with Gasteiger partial charge >= 0.3 is 6.03 Å². The van der Waals surface area contributed by atoms with Crippen LogP contribution in [0.4, 0.5) is 4.79 Å². The summed E-state index contributed by atoms with van der Waals surface area (Å²) in [5, 5.41) is 11.7. The van der Waals surface area contributed by atoms with Gasteiger partial charge in [0.2, 0.25) is 0 Å². The second-order valence-electron chi connectivity index (χ2n) is 8.34. The van der Waals surface area contributed by atoms with Gasteiger partial charge in [-0.1, -0.05) is 0 Å². The second-order valence-corrected chi connectivity index (χ2v) is 8.34. The van der Waals surface area contributed by atoms with Crippen LogP contribution >= 0.6 is 0 Å². The Morgan fingerprint density at radius 1 is 1.32 bits per heavy atom. The molecule has 2 aromatic rings. The smallest absolute Gasteiger partial charge is 0.317 e. The first kappa shape index (κ1) is 21.0. The Bertz CT molecular complexity index is 967. The maximum absolute atomic E-state index is 13.0. The molecule has 2 amide bonds. The van der Waals surface area contributed by atoms with Crippen molar-refractivity contribution in [2.75, 3.05) is 26.2 Å². The number of nitrogens with zero attached hydrogens (tertiary/aromatic N) is 5. The summed E-state index contributed by atoms with van der Waals surface area (Å²) in [5.41, 5.74) is 9.77. The molecule has 4 N–H and O–H groups in total. The number of likely N-dealkylation sites (tertiary alicyclic amines) is 1. The molecule has 31 heavy (non-hydrogen) atoms.